The summed E-state index contributed by atoms with van der Waals surface area (Å²) in [6.07, 6.45) is 0.640. The molecule has 120 valence electrons. The fourth-order valence-corrected chi connectivity index (χ4v) is 2.76. The number of carbonyl (C=O) groups excluding carboxylic acids is 1. The molecule has 1 aromatic rings. The maximum atomic E-state index is 12.3. The van der Waals surface area contributed by atoms with Gasteiger partial charge in [0.2, 0.25) is 0 Å². The zero-order valence-corrected chi connectivity index (χ0v) is 14.4. The van der Waals surface area contributed by atoms with Gasteiger partial charge >= 0.3 is 5.97 Å². The van der Waals surface area contributed by atoms with Crippen molar-refractivity contribution in [2.45, 2.75) is 66.5 Å². The summed E-state index contributed by atoms with van der Waals surface area (Å²) in [7, 11) is 0. The maximum absolute atomic E-state index is 12.3. The molecule has 0 radical (unpaired) electrons. The van der Waals surface area contributed by atoms with E-state index in [4.69, 9.17) is 4.74 Å². The second-order valence-corrected chi connectivity index (χ2v) is 5.88. The zero-order valence-electron chi connectivity index (χ0n) is 14.4. The standard InChI is InChI=1S/C16H29N3O2/c1-8-17-16(7,15(20)21-9-2)10-11(3)19-14(6)12(4)13(5)18-19/h11,17H,8-10H2,1-7H3. The van der Waals surface area contributed by atoms with Crippen LogP contribution in [0.5, 0.6) is 0 Å². The number of aryl methyl sites for hydroxylation is 1. The minimum absolute atomic E-state index is 0.117. The molecule has 0 fully saturated rings. The molecule has 21 heavy (non-hydrogen) atoms. The van der Waals surface area contributed by atoms with Crippen molar-refractivity contribution in [1.82, 2.24) is 15.1 Å². The van der Waals surface area contributed by atoms with E-state index >= 15 is 0 Å². The van der Waals surface area contributed by atoms with E-state index in [1.807, 2.05) is 32.4 Å². The molecule has 0 saturated carbocycles. The van der Waals surface area contributed by atoms with Gasteiger partial charge in [-0.05, 0) is 60.1 Å². The van der Waals surface area contributed by atoms with Gasteiger partial charge in [0.05, 0.1) is 18.3 Å². The summed E-state index contributed by atoms with van der Waals surface area (Å²) >= 11 is 0. The van der Waals surface area contributed by atoms with Gasteiger partial charge in [-0.25, -0.2) is 0 Å². The van der Waals surface area contributed by atoms with Gasteiger partial charge in [0, 0.05) is 5.69 Å². The molecule has 0 aliphatic carbocycles. The number of carbonyl (C=O) groups is 1. The average Bonchev–Trinajstić information content (AvgIpc) is 2.67. The Hall–Kier alpha value is -1.36. The van der Waals surface area contributed by atoms with E-state index < -0.39 is 5.54 Å². The Balaban J connectivity index is 2.97. The van der Waals surface area contributed by atoms with Crippen molar-refractivity contribution in [3.63, 3.8) is 0 Å². The van der Waals surface area contributed by atoms with Crippen LogP contribution in [0.2, 0.25) is 0 Å². The van der Waals surface area contributed by atoms with Crippen LogP contribution in [0.1, 0.15) is 57.1 Å². The largest absolute Gasteiger partial charge is 0.465 e. The Bertz CT molecular complexity index is 496. The lowest BCUT2D eigenvalue weighted by atomic mass is 9.93. The van der Waals surface area contributed by atoms with Gasteiger partial charge in [-0.1, -0.05) is 6.92 Å². The summed E-state index contributed by atoms with van der Waals surface area (Å²) in [6.45, 7) is 15.1. The molecule has 0 bridgehead atoms. The molecule has 0 amide bonds. The first kappa shape index (κ1) is 17.7. The topological polar surface area (TPSA) is 56.2 Å². The number of nitrogens with one attached hydrogen (secondary N) is 1. The third-order valence-corrected chi connectivity index (χ3v) is 4.10. The monoisotopic (exact) mass is 295 g/mol. The third-order valence-electron chi connectivity index (χ3n) is 4.10. The Morgan fingerprint density at radius 1 is 1.38 bits per heavy atom. The van der Waals surface area contributed by atoms with Crippen LogP contribution in [0.4, 0.5) is 0 Å². The normalized spacial score (nSPS) is 15.6. The highest BCUT2D eigenvalue weighted by atomic mass is 16.5. The molecule has 5 nitrogen and oxygen atoms in total. The van der Waals surface area contributed by atoms with Crippen LogP contribution < -0.4 is 5.32 Å². The predicted molar refractivity (Wildman–Crippen MR) is 84.5 cm³/mol. The van der Waals surface area contributed by atoms with Gasteiger partial charge in [-0.15, -0.1) is 0 Å². The molecule has 0 aliphatic heterocycles. The van der Waals surface area contributed by atoms with Crippen LogP contribution in [0, 0.1) is 20.8 Å². The summed E-state index contributed by atoms with van der Waals surface area (Å²) in [5.41, 5.74) is 2.72. The molecule has 1 rings (SSSR count). The number of esters is 1. The first-order valence-electron chi connectivity index (χ1n) is 7.71. The van der Waals surface area contributed by atoms with Crippen molar-refractivity contribution in [3.8, 4) is 0 Å². The van der Waals surface area contributed by atoms with Crippen LogP contribution in [0.3, 0.4) is 0 Å². The number of hydrogen-bond acceptors (Lipinski definition) is 4. The quantitative estimate of drug-likeness (QED) is 0.786. The first-order valence-corrected chi connectivity index (χ1v) is 7.71. The Morgan fingerprint density at radius 3 is 2.43 bits per heavy atom. The molecule has 0 saturated heterocycles. The molecule has 1 aromatic heterocycles. The Kier molecular flexibility index (Phi) is 5.96. The molecular formula is C16H29N3O2. The molecule has 0 aliphatic rings. The van der Waals surface area contributed by atoms with E-state index in [-0.39, 0.29) is 12.0 Å². The van der Waals surface area contributed by atoms with Crippen molar-refractivity contribution in [3.05, 3.63) is 17.0 Å². The Morgan fingerprint density at radius 2 is 2.00 bits per heavy atom. The first-order chi connectivity index (χ1) is 9.76. The Labute approximate surface area is 128 Å². The molecule has 2 unspecified atom stereocenters. The number of likely N-dealkylation sites (N-methyl/N-ethyl adjacent to an activating group) is 1. The second-order valence-electron chi connectivity index (χ2n) is 5.88. The molecule has 5 heteroatoms. The van der Waals surface area contributed by atoms with Crippen molar-refractivity contribution in [2.24, 2.45) is 0 Å². The van der Waals surface area contributed by atoms with Crippen LogP contribution in [-0.4, -0.2) is 34.4 Å². The molecule has 2 atom stereocenters. The number of nitrogens with zero attached hydrogens (tertiary/aromatic N) is 2. The van der Waals surface area contributed by atoms with E-state index in [9.17, 15) is 4.79 Å². The fraction of sp³-hybridized carbons (Fsp3) is 0.750. The van der Waals surface area contributed by atoms with Gasteiger partial charge in [-0.3, -0.25) is 9.48 Å². The van der Waals surface area contributed by atoms with Crippen molar-refractivity contribution < 1.29 is 9.53 Å². The SMILES string of the molecule is CCNC(C)(CC(C)n1nc(C)c(C)c1C)C(=O)OCC. The van der Waals surface area contributed by atoms with Gasteiger partial charge in [0.15, 0.2) is 0 Å². The third kappa shape index (κ3) is 3.84. The van der Waals surface area contributed by atoms with Gasteiger partial charge in [-0.2, -0.15) is 5.10 Å². The van der Waals surface area contributed by atoms with Crippen LogP contribution in [0.25, 0.3) is 0 Å². The predicted octanol–water partition coefficient (Wildman–Crippen LogP) is 2.69. The summed E-state index contributed by atoms with van der Waals surface area (Å²) < 4.78 is 7.24. The molecule has 0 aromatic carbocycles. The highest BCUT2D eigenvalue weighted by Gasteiger charge is 2.36. The van der Waals surface area contributed by atoms with E-state index in [0.717, 1.165) is 17.9 Å². The van der Waals surface area contributed by atoms with Crippen LogP contribution >= 0.6 is 0 Å². The number of aromatic nitrogens is 2. The summed E-state index contributed by atoms with van der Waals surface area (Å²) in [6, 6.07) is 0.117. The van der Waals surface area contributed by atoms with Crippen molar-refractivity contribution >= 4 is 5.97 Å². The average molecular weight is 295 g/mol. The van der Waals surface area contributed by atoms with E-state index in [2.05, 4.69) is 31.2 Å². The molecule has 1 heterocycles. The van der Waals surface area contributed by atoms with Crippen molar-refractivity contribution in [2.75, 3.05) is 13.2 Å². The lowest BCUT2D eigenvalue weighted by molar-refractivity contribution is -0.151. The van der Waals surface area contributed by atoms with E-state index in [1.54, 1.807) is 0 Å². The minimum Gasteiger partial charge on any atom is -0.465 e. The summed E-state index contributed by atoms with van der Waals surface area (Å²) in [4.78, 5) is 12.3. The van der Waals surface area contributed by atoms with Gasteiger partial charge < -0.3 is 10.1 Å². The minimum atomic E-state index is -0.690. The smallest absolute Gasteiger partial charge is 0.326 e. The molecule has 0 spiro atoms. The van der Waals surface area contributed by atoms with Crippen LogP contribution in [-0.2, 0) is 9.53 Å². The molecule has 1 N–H and O–H groups in total. The molecular weight excluding hydrogens is 266 g/mol. The van der Waals surface area contributed by atoms with E-state index in [1.165, 1.54) is 5.56 Å². The fourth-order valence-electron chi connectivity index (χ4n) is 2.76. The van der Waals surface area contributed by atoms with Gasteiger partial charge in [0.25, 0.3) is 0 Å². The van der Waals surface area contributed by atoms with Gasteiger partial charge in [0.1, 0.15) is 5.54 Å². The maximum Gasteiger partial charge on any atom is 0.326 e. The number of rotatable bonds is 7. The number of ether oxygens (including phenoxy) is 1. The highest BCUT2D eigenvalue weighted by Crippen LogP contribution is 2.25. The zero-order chi connectivity index (χ0) is 16.2. The summed E-state index contributed by atoms with van der Waals surface area (Å²) in [5.74, 6) is -0.197. The highest BCUT2D eigenvalue weighted by molar-refractivity contribution is 5.80. The van der Waals surface area contributed by atoms with Crippen molar-refractivity contribution in [1.29, 1.82) is 0 Å². The van der Waals surface area contributed by atoms with Crippen LogP contribution in [0.15, 0.2) is 0 Å². The second kappa shape index (κ2) is 7.07. The number of hydrogen-bond donors (Lipinski definition) is 1. The van der Waals surface area contributed by atoms with E-state index in [0.29, 0.717) is 13.0 Å². The summed E-state index contributed by atoms with van der Waals surface area (Å²) in [5, 5.41) is 7.87. The lowest BCUT2D eigenvalue weighted by Gasteiger charge is -2.31. The lowest BCUT2D eigenvalue weighted by Crippen LogP contribution is -2.51.